The lowest BCUT2D eigenvalue weighted by Gasteiger charge is -2.47. The van der Waals surface area contributed by atoms with E-state index in [2.05, 4.69) is 24.4 Å². The van der Waals surface area contributed by atoms with E-state index in [1.54, 1.807) is 35.2 Å². The molecule has 0 unspecified atom stereocenters. The van der Waals surface area contributed by atoms with E-state index in [0.29, 0.717) is 57.9 Å². The molecule has 13 heteroatoms. The van der Waals surface area contributed by atoms with Crippen LogP contribution in [0.1, 0.15) is 126 Å². The second-order valence-electron chi connectivity index (χ2n) is 18.3. The highest BCUT2D eigenvalue weighted by Crippen LogP contribution is 2.39. The van der Waals surface area contributed by atoms with Crippen LogP contribution in [-0.2, 0) is 42.9 Å². The summed E-state index contributed by atoms with van der Waals surface area (Å²) in [6, 6.07) is -0.933. The summed E-state index contributed by atoms with van der Waals surface area (Å²) >= 11 is 0. The smallest absolute Gasteiger partial charge is 0.329 e. The van der Waals surface area contributed by atoms with Gasteiger partial charge in [-0.25, -0.2) is 4.79 Å². The van der Waals surface area contributed by atoms with Crippen LogP contribution in [0.3, 0.4) is 0 Å². The molecule has 59 heavy (non-hydrogen) atoms. The van der Waals surface area contributed by atoms with Gasteiger partial charge in [-0.1, -0.05) is 45.4 Å². The summed E-state index contributed by atoms with van der Waals surface area (Å²) in [6.45, 7) is 14.1. The minimum absolute atomic E-state index is 0.0659. The molecule has 14 atom stereocenters. The van der Waals surface area contributed by atoms with Crippen molar-refractivity contribution in [1.82, 2.24) is 10.2 Å². The van der Waals surface area contributed by atoms with Crippen molar-refractivity contribution in [3.05, 3.63) is 23.3 Å². The number of cyclic esters (lactones) is 1. The fourth-order valence-corrected chi connectivity index (χ4v) is 9.97. The van der Waals surface area contributed by atoms with E-state index in [0.717, 1.165) is 30.4 Å². The molecule has 13 nitrogen and oxygen atoms in total. The fraction of sp³-hybridized carbons (Fsp3) is 0.826. The number of allylic oxidation sites excluding steroid dienone is 3. The first-order chi connectivity index (χ1) is 28.0. The first kappa shape index (κ1) is 49.1. The van der Waals surface area contributed by atoms with Crippen molar-refractivity contribution < 1.29 is 53.1 Å². The molecular formula is C46H76N2O11. The van der Waals surface area contributed by atoms with Crippen molar-refractivity contribution in [3.8, 4) is 0 Å². The van der Waals surface area contributed by atoms with Crippen LogP contribution < -0.4 is 5.32 Å². The Morgan fingerprint density at radius 2 is 1.66 bits per heavy atom. The zero-order valence-electron chi connectivity index (χ0n) is 37.6. The zero-order chi connectivity index (χ0) is 43.6. The summed E-state index contributed by atoms with van der Waals surface area (Å²) in [5.74, 6) is -6.09. The number of hydrogen-bond acceptors (Lipinski definition) is 12. The second-order valence-corrected chi connectivity index (χ2v) is 18.3. The van der Waals surface area contributed by atoms with Crippen molar-refractivity contribution in [3.63, 3.8) is 0 Å². The van der Waals surface area contributed by atoms with Crippen LogP contribution in [0.5, 0.6) is 0 Å². The topological polar surface area (TPSA) is 170 Å². The van der Waals surface area contributed by atoms with E-state index < -0.39 is 65.9 Å². The Hall–Kier alpha value is -2.52. The summed E-state index contributed by atoms with van der Waals surface area (Å²) < 4.78 is 30.4. The van der Waals surface area contributed by atoms with Crippen LogP contribution in [0.4, 0.5) is 0 Å². The highest BCUT2D eigenvalue weighted by molar-refractivity contribution is 6.39. The highest BCUT2D eigenvalue weighted by Gasteiger charge is 2.56. The number of ketones is 2. The minimum atomic E-state index is -2.46. The molecule has 2 bridgehead atoms. The predicted molar refractivity (Wildman–Crippen MR) is 224 cm³/mol. The average Bonchev–Trinajstić information content (AvgIpc) is 3.21. The Labute approximate surface area is 353 Å². The number of ether oxygens (including phenoxy) is 5. The number of piperidine rings is 1. The Morgan fingerprint density at radius 3 is 2.31 bits per heavy atom. The third kappa shape index (κ3) is 12.5. The van der Waals surface area contributed by atoms with Gasteiger partial charge in [0, 0.05) is 58.7 Å². The molecule has 0 aromatic rings. The van der Waals surface area contributed by atoms with E-state index in [1.807, 2.05) is 27.7 Å². The third-order valence-corrected chi connectivity index (χ3v) is 13.5. The van der Waals surface area contributed by atoms with Crippen LogP contribution >= 0.6 is 0 Å². The van der Waals surface area contributed by atoms with Gasteiger partial charge >= 0.3 is 5.97 Å². The molecule has 0 aromatic heterocycles. The van der Waals surface area contributed by atoms with Gasteiger partial charge in [-0.15, -0.1) is 0 Å². The molecule has 3 aliphatic heterocycles. The molecule has 2 saturated heterocycles. The Morgan fingerprint density at radius 1 is 0.983 bits per heavy atom. The molecule has 4 rings (SSSR count). The number of hydrogen-bond donors (Lipinski definition) is 3. The summed E-state index contributed by atoms with van der Waals surface area (Å²) in [5, 5.41) is 25.3. The van der Waals surface area contributed by atoms with E-state index in [4.69, 9.17) is 23.7 Å². The SMILES string of the molecule is CC[C@@H]1/C=C(\C)C[C@H](C)C[C@H](OC)[C@H]2O[C@@](O)(C(=O)C(=O)N3CCCC[C@H]3C(=O)O[C@H](/C(C)=C/[C@@H]3CC[C@H](NC[C@@H](C)O)[C@H](OC)C3)[C@H](C)CCC1=O)[C@H](C)C[C@@H]2OC. The highest BCUT2D eigenvalue weighted by atomic mass is 16.7. The van der Waals surface area contributed by atoms with Crippen molar-refractivity contribution in [2.45, 2.75) is 180 Å². The van der Waals surface area contributed by atoms with Gasteiger partial charge in [0.1, 0.15) is 24.0 Å². The number of methoxy groups -OCH3 is 3. The first-order valence-corrected chi connectivity index (χ1v) is 22.3. The van der Waals surface area contributed by atoms with Gasteiger partial charge in [-0.2, -0.15) is 0 Å². The van der Waals surface area contributed by atoms with Crippen LogP contribution in [0.15, 0.2) is 23.3 Å². The van der Waals surface area contributed by atoms with Crippen LogP contribution in [0.25, 0.3) is 0 Å². The van der Waals surface area contributed by atoms with E-state index in [9.17, 15) is 29.4 Å². The van der Waals surface area contributed by atoms with Crippen LogP contribution in [0.2, 0.25) is 0 Å². The Bertz CT molecular complexity index is 1480. The quantitative estimate of drug-likeness (QED) is 0.152. The first-order valence-electron chi connectivity index (χ1n) is 22.3. The molecule has 3 N–H and O–H groups in total. The molecule has 3 fully saturated rings. The zero-order valence-corrected chi connectivity index (χ0v) is 37.6. The molecule has 3 heterocycles. The van der Waals surface area contributed by atoms with Gasteiger partial charge < -0.3 is 44.1 Å². The summed E-state index contributed by atoms with van der Waals surface area (Å²) in [6.07, 6.45) is 8.00. The van der Waals surface area contributed by atoms with Crippen molar-refractivity contribution >= 4 is 23.4 Å². The van der Waals surface area contributed by atoms with E-state index in [1.165, 1.54) is 4.90 Å². The van der Waals surface area contributed by atoms with E-state index in [-0.39, 0.29) is 54.6 Å². The lowest BCUT2D eigenvalue weighted by atomic mass is 9.81. The molecular weight excluding hydrogens is 757 g/mol. The Kier molecular flexibility index (Phi) is 18.8. The maximum absolute atomic E-state index is 14.4. The number of amides is 1. The predicted octanol–water partition coefficient (Wildman–Crippen LogP) is 5.48. The van der Waals surface area contributed by atoms with Crippen molar-refractivity contribution in [2.75, 3.05) is 34.4 Å². The number of carbonyl (C=O) groups is 4. The monoisotopic (exact) mass is 833 g/mol. The molecule has 0 spiro atoms. The lowest BCUT2D eigenvalue weighted by Crippen LogP contribution is -2.64. The van der Waals surface area contributed by atoms with Crippen LogP contribution in [0, 0.1) is 29.6 Å². The number of nitrogens with one attached hydrogen (secondary N) is 1. The van der Waals surface area contributed by atoms with Crippen molar-refractivity contribution in [2.24, 2.45) is 29.6 Å². The second kappa shape index (κ2) is 22.5. The molecule has 1 amide bonds. The molecule has 1 aliphatic carbocycles. The number of aliphatic hydroxyl groups is 2. The summed E-state index contributed by atoms with van der Waals surface area (Å²) in [4.78, 5) is 58.0. The molecule has 336 valence electrons. The van der Waals surface area contributed by atoms with Gasteiger partial charge in [-0.3, -0.25) is 14.4 Å². The maximum Gasteiger partial charge on any atom is 0.329 e. The number of esters is 1. The summed E-state index contributed by atoms with van der Waals surface area (Å²) in [7, 11) is 4.81. The lowest BCUT2D eigenvalue weighted by molar-refractivity contribution is -0.302. The number of carbonyl (C=O) groups excluding carboxylic acids is 4. The minimum Gasteiger partial charge on any atom is -0.456 e. The van der Waals surface area contributed by atoms with Gasteiger partial charge in [0.2, 0.25) is 5.79 Å². The Balaban J connectivity index is 1.71. The van der Waals surface area contributed by atoms with Gasteiger partial charge in [0.05, 0.1) is 24.4 Å². The number of aliphatic hydroxyl groups excluding tert-OH is 1. The molecule has 1 saturated carbocycles. The largest absolute Gasteiger partial charge is 0.456 e. The number of Topliss-reactive ketones (excluding diaryl/α,β-unsaturated/α-hetero) is 2. The number of fused-ring (bicyclic) bond motifs is 3. The van der Waals surface area contributed by atoms with E-state index >= 15 is 0 Å². The van der Waals surface area contributed by atoms with Gasteiger partial charge in [-0.05, 0) is 115 Å². The number of rotatable bonds is 9. The van der Waals surface area contributed by atoms with Crippen molar-refractivity contribution in [1.29, 1.82) is 0 Å². The molecule has 0 radical (unpaired) electrons. The summed E-state index contributed by atoms with van der Waals surface area (Å²) in [5.41, 5.74) is 1.94. The van der Waals surface area contributed by atoms with Gasteiger partial charge in [0.25, 0.3) is 11.7 Å². The molecule has 0 aromatic carbocycles. The van der Waals surface area contributed by atoms with Gasteiger partial charge in [0.15, 0.2) is 0 Å². The average molecular weight is 833 g/mol. The molecule has 4 aliphatic rings. The maximum atomic E-state index is 14.4. The third-order valence-electron chi connectivity index (χ3n) is 13.5. The van der Waals surface area contributed by atoms with Crippen LogP contribution in [-0.4, -0.2) is 127 Å². The fourth-order valence-electron chi connectivity index (χ4n) is 9.97. The normalized spacial score (nSPS) is 39.4. The standard InChI is InChI=1S/C46H76N2O11/c1-11-34-21-27(2)20-28(3)22-39(56-9)42-40(57-10)24-31(6)46(54,59-42)43(51)44(52)48-19-13-12-14-36(48)45(53)58-41(29(4)15-18-37(34)50)30(5)23-33-16-17-35(38(25-33)55-8)47-26-32(7)49/h21,23,28-29,31-36,38-42,47,49,54H,11-20,22,24-26H2,1-10H3/b27-21+,30-23+/t28-,29+,31+,32+,33-,34+,35-,36-,38+,39-,40-,41-,42+,46+/m0/s1. The number of nitrogens with zero attached hydrogens (tertiary/aromatic N) is 1.